The molecule has 3 rings (SSSR count). The molecule has 1 amide bonds. The van der Waals surface area contributed by atoms with E-state index in [4.69, 9.17) is 0 Å². The summed E-state index contributed by atoms with van der Waals surface area (Å²) in [7, 11) is 0. The summed E-state index contributed by atoms with van der Waals surface area (Å²) in [5.74, 6) is 0.234. The van der Waals surface area contributed by atoms with Crippen molar-refractivity contribution >= 4 is 11.6 Å². The van der Waals surface area contributed by atoms with Crippen molar-refractivity contribution in [3.05, 3.63) is 59.9 Å². The summed E-state index contributed by atoms with van der Waals surface area (Å²) in [6.45, 7) is 6.86. The lowest BCUT2D eigenvalue weighted by atomic mass is 10.1. The van der Waals surface area contributed by atoms with Crippen LogP contribution >= 0.6 is 0 Å². The number of piperazine rings is 1. The number of aromatic nitrogens is 1. The number of rotatable bonds is 4. The molecule has 4 heteroatoms. The smallest absolute Gasteiger partial charge is 0.223 e. The van der Waals surface area contributed by atoms with Crippen molar-refractivity contribution in [3.63, 3.8) is 0 Å². The van der Waals surface area contributed by atoms with Crippen molar-refractivity contribution in [2.45, 2.75) is 32.7 Å². The Balaban J connectivity index is 1.57. The zero-order chi connectivity index (χ0) is 16.9. The Kier molecular flexibility index (Phi) is 5.14. The van der Waals surface area contributed by atoms with Gasteiger partial charge in [0.2, 0.25) is 5.91 Å². The zero-order valence-electron chi connectivity index (χ0n) is 14.5. The van der Waals surface area contributed by atoms with Crippen LogP contribution in [0.4, 0.5) is 5.69 Å². The Hall–Kier alpha value is -2.36. The molecule has 1 aliphatic heterocycles. The standard InChI is InChI=1S/C20H25N3O/c1-16-7-3-4-9-19(16)22-13-14-23(17(2)15-22)20(24)11-10-18-8-5-6-12-21-18/h3-9,12,17H,10-11,13-15H2,1-2H3/t17-/m0/s1. The number of hydrogen-bond acceptors (Lipinski definition) is 3. The highest BCUT2D eigenvalue weighted by Crippen LogP contribution is 2.23. The van der Waals surface area contributed by atoms with Crippen molar-refractivity contribution in [1.82, 2.24) is 9.88 Å². The molecule has 1 aromatic heterocycles. The van der Waals surface area contributed by atoms with E-state index in [0.29, 0.717) is 12.8 Å². The summed E-state index contributed by atoms with van der Waals surface area (Å²) in [5.41, 5.74) is 3.56. The van der Waals surface area contributed by atoms with Gasteiger partial charge in [-0.3, -0.25) is 9.78 Å². The second kappa shape index (κ2) is 7.47. The molecule has 2 aromatic rings. The number of amides is 1. The fourth-order valence-electron chi connectivity index (χ4n) is 3.39. The van der Waals surface area contributed by atoms with Crippen LogP contribution in [0, 0.1) is 6.92 Å². The molecule has 0 aliphatic carbocycles. The molecule has 1 fully saturated rings. The van der Waals surface area contributed by atoms with E-state index in [1.165, 1.54) is 11.3 Å². The van der Waals surface area contributed by atoms with Crippen molar-refractivity contribution in [2.24, 2.45) is 0 Å². The number of carbonyl (C=O) groups is 1. The largest absolute Gasteiger partial charge is 0.367 e. The molecule has 1 aromatic carbocycles. The normalized spacial score (nSPS) is 17.8. The van der Waals surface area contributed by atoms with E-state index in [-0.39, 0.29) is 11.9 Å². The van der Waals surface area contributed by atoms with Crippen LogP contribution in [-0.2, 0) is 11.2 Å². The average Bonchev–Trinajstić information content (AvgIpc) is 2.61. The first-order valence-corrected chi connectivity index (χ1v) is 8.65. The summed E-state index contributed by atoms with van der Waals surface area (Å²) in [6, 6.07) is 14.5. The lowest BCUT2D eigenvalue weighted by molar-refractivity contribution is -0.133. The first-order chi connectivity index (χ1) is 11.6. The van der Waals surface area contributed by atoms with Crippen LogP contribution in [0.2, 0.25) is 0 Å². The molecule has 0 bridgehead atoms. The first kappa shape index (κ1) is 16.5. The highest BCUT2D eigenvalue weighted by atomic mass is 16.2. The molecule has 2 heterocycles. The van der Waals surface area contributed by atoms with Gasteiger partial charge in [0.05, 0.1) is 0 Å². The van der Waals surface area contributed by atoms with Crippen LogP contribution in [0.5, 0.6) is 0 Å². The maximum Gasteiger partial charge on any atom is 0.223 e. The van der Waals surface area contributed by atoms with Crippen LogP contribution in [0.1, 0.15) is 24.6 Å². The van der Waals surface area contributed by atoms with E-state index < -0.39 is 0 Å². The minimum absolute atomic E-state index is 0.231. The lowest BCUT2D eigenvalue weighted by Gasteiger charge is -2.41. The van der Waals surface area contributed by atoms with Crippen molar-refractivity contribution in [1.29, 1.82) is 0 Å². The van der Waals surface area contributed by atoms with Gasteiger partial charge in [0.25, 0.3) is 0 Å². The summed E-state index contributed by atoms with van der Waals surface area (Å²) in [4.78, 5) is 21.3. The van der Waals surface area contributed by atoms with Crippen molar-refractivity contribution in [3.8, 4) is 0 Å². The van der Waals surface area contributed by atoms with E-state index >= 15 is 0 Å². The van der Waals surface area contributed by atoms with Crippen molar-refractivity contribution < 1.29 is 4.79 Å². The van der Waals surface area contributed by atoms with Gasteiger partial charge in [-0.15, -0.1) is 0 Å². The first-order valence-electron chi connectivity index (χ1n) is 8.65. The molecule has 4 nitrogen and oxygen atoms in total. The molecule has 0 N–H and O–H groups in total. The zero-order valence-corrected chi connectivity index (χ0v) is 14.5. The van der Waals surface area contributed by atoms with E-state index in [9.17, 15) is 4.79 Å². The summed E-state index contributed by atoms with van der Waals surface area (Å²) in [5, 5.41) is 0. The summed E-state index contributed by atoms with van der Waals surface area (Å²) in [6.07, 6.45) is 3.03. The molecular formula is C20H25N3O. The van der Waals surface area contributed by atoms with Gasteiger partial charge in [-0.05, 0) is 44.0 Å². The number of anilines is 1. The second-order valence-corrected chi connectivity index (χ2v) is 6.49. The third kappa shape index (κ3) is 3.75. The molecule has 24 heavy (non-hydrogen) atoms. The monoisotopic (exact) mass is 323 g/mol. The molecule has 0 unspecified atom stereocenters. The molecule has 0 spiro atoms. The number of carbonyl (C=O) groups excluding carboxylic acids is 1. The lowest BCUT2D eigenvalue weighted by Crippen LogP contribution is -2.54. The minimum atomic E-state index is 0.231. The average molecular weight is 323 g/mol. The Morgan fingerprint density at radius 3 is 2.67 bits per heavy atom. The SMILES string of the molecule is Cc1ccccc1N1CCN(C(=O)CCc2ccccn2)[C@@H](C)C1. The van der Waals surface area contributed by atoms with Crippen molar-refractivity contribution in [2.75, 3.05) is 24.5 Å². The topological polar surface area (TPSA) is 36.4 Å². The third-order valence-corrected chi connectivity index (χ3v) is 4.73. The minimum Gasteiger partial charge on any atom is -0.367 e. The van der Waals surface area contributed by atoms with Gasteiger partial charge in [-0.2, -0.15) is 0 Å². The molecule has 1 saturated heterocycles. The molecule has 0 saturated carbocycles. The molecule has 1 aliphatic rings. The predicted octanol–water partition coefficient (Wildman–Crippen LogP) is 3.06. The van der Waals surface area contributed by atoms with Gasteiger partial charge in [-0.1, -0.05) is 24.3 Å². The third-order valence-electron chi connectivity index (χ3n) is 4.73. The molecule has 126 valence electrons. The van der Waals surface area contributed by atoms with Gasteiger partial charge >= 0.3 is 0 Å². The number of nitrogens with zero attached hydrogens (tertiary/aromatic N) is 3. The van der Waals surface area contributed by atoms with E-state index in [0.717, 1.165) is 25.3 Å². The Labute approximate surface area is 144 Å². The highest BCUT2D eigenvalue weighted by Gasteiger charge is 2.27. The van der Waals surface area contributed by atoms with E-state index in [1.54, 1.807) is 6.20 Å². The highest BCUT2D eigenvalue weighted by molar-refractivity contribution is 5.77. The number of para-hydroxylation sites is 1. The Morgan fingerprint density at radius 2 is 1.96 bits per heavy atom. The van der Waals surface area contributed by atoms with Crippen LogP contribution < -0.4 is 4.90 Å². The van der Waals surface area contributed by atoms with Crippen LogP contribution in [0.3, 0.4) is 0 Å². The maximum atomic E-state index is 12.6. The van der Waals surface area contributed by atoms with Crippen LogP contribution in [0.25, 0.3) is 0 Å². The Bertz CT molecular complexity index is 686. The molecule has 0 radical (unpaired) electrons. The van der Waals surface area contributed by atoms with Crippen LogP contribution in [-0.4, -0.2) is 41.5 Å². The van der Waals surface area contributed by atoms with E-state index in [2.05, 4.69) is 48.0 Å². The maximum absolute atomic E-state index is 12.6. The van der Waals surface area contributed by atoms with Gasteiger partial charge < -0.3 is 9.80 Å². The number of aryl methyl sites for hydroxylation is 2. The number of pyridine rings is 1. The van der Waals surface area contributed by atoms with E-state index in [1.807, 2.05) is 23.1 Å². The van der Waals surface area contributed by atoms with Gasteiger partial charge in [0.1, 0.15) is 0 Å². The molecule has 1 atom stereocenters. The summed E-state index contributed by atoms with van der Waals surface area (Å²) < 4.78 is 0. The van der Waals surface area contributed by atoms with Crippen LogP contribution in [0.15, 0.2) is 48.7 Å². The quantitative estimate of drug-likeness (QED) is 0.868. The fraction of sp³-hybridized carbons (Fsp3) is 0.400. The second-order valence-electron chi connectivity index (χ2n) is 6.49. The van der Waals surface area contributed by atoms with Gasteiger partial charge in [0, 0.05) is 49.7 Å². The number of benzene rings is 1. The molecular weight excluding hydrogens is 298 g/mol. The fourth-order valence-corrected chi connectivity index (χ4v) is 3.39. The van der Waals surface area contributed by atoms with Gasteiger partial charge in [0.15, 0.2) is 0 Å². The predicted molar refractivity (Wildman–Crippen MR) is 97.1 cm³/mol. The van der Waals surface area contributed by atoms with Gasteiger partial charge in [-0.25, -0.2) is 0 Å². The summed E-state index contributed by atoms with van der Waals surface area (Å²) >= 11 is 0. The Morgan fingerprint density at radius 1 is 1.17 bits per heavy atom. The number of hydrogen-bond donors (Lipinski definition) is 0.